The van der Waals surface area contributed by atoms with Crippen molar-refractivity contribution in [1.82, 2.24) is 0 Å². The van der Waals surface area contributed by atoms with Crippen molar-refractivity contribution in [1.29, 1.82) is 0 Å². The lowest BCUT2D eigenvalue weighted by Gasteiger charge is -2.18. The largest absolute Gasteiger partial charge is 0.462 e. The van der Waals surface area contributed by atoms with E-state index in [4.69, 9.17) is 14.2 Å². The zero-order valence-corrected chi connectivity index (χ0v) is 42.7. The lowest BCUT2D eigenvalue weighted by molar-refractivity contribution is -0.163. The van der Waals surface area contributed by atoms with Crippen LogP contribution in [0.15, 0.2) is 0 Å². The maximum atomic E-state index is 12.8. The summed E-state index contributed by atoms with van der Waals surface area (Å²) in [5.74, 6) is -0.366. The van der Waals surface area contributed by atoms with Crippen LogP contribution >= 0.6 is 0 Å². The second kappa shape index (κ2) is 54.2. The van der Waals surface area contributed by atoms with Gasteiger partial charge in [-0.1, -0.05) is 297 Å². The summed E-state index contributed by atoms with van der Waals surface area (Å²) in [6.07, 6.45) is 61.2. The molecule has 0 amide bonds. The van der Waals surface area contributed by atoms with E-state index in [0.29, 0.717) is 26.1 Å². The molecule has 0 aliphatic rings. The minimum absolute atomic E-state index is 0.0982. The molecule has 0 bridgehead atoms. The fourth-order valence-corrected chi connectivity index (χ4v) is 8.87. The molecule has 0 saturated carbocycles. The number of esters is 2. The molecule has 5 nitrogen and oxygen atoms in total. The highest BCUT2D eigenvalue weighted by atomic mass is 16.6. The highest BCUT2D eigenvalue weighted by Crippen LogP contribution is 2.17. The monoisotopic (exact) mass is 877 g/mol. The van der Waals surface area contributed by atoms with Crippen LogP contribution in [-0.2, 0) is 23.8 Å². The average Bonchev–Trinajstić information content (AvgIpc) is 3.27. The molecule has 0 radical (unpaired) electrons. The smallest absolute Gasteiger partial charge is 0.306 e. The Balaban J connectivity index is 4.13. The average molecular weight is 878 g/mol. The summed E-state index contributed by atoms with van der Waals surface area (Å²) in [5.41, 5.74) is 0. The number of ether oxygens (including phenoxy) is 3. The van der Waals surface area contributed by atoms with Crippen LogP contribution < -0.4 is 0 Å². The van der Waals surface area contributed by atoms with Gasteiger partial charge in [0.25, 0.3) is 0 Å². The van der Waals surface area contributed by atoms with Gasteiger partial charge in [0.2, 0.25) is 0 Å². The molecule has 1 atom stereocenters. The molecule has 0 spiro atoms. The lowest BCUT2D eigenvalue weighted by Crippen LogP contribution is -2.30. The van der Waals surface area contributed by atoms with Crippen molar-refractivity contribution in [2.75, 3.05) is 19.8 Å². The molecular formula is C57H112O5. The highest BCUT2D eigenvalue weighted by Gasteiger charge is 2.17. The summed E-state index contributed by atoms with van der Waals surface area (Å²) < 4.78 is 17.5. The first kappa shape index (κ1) is 60.9. The van der Waals surface area contributed by atoms with Crippen LogP contribution in [0.5, 0.6) is 0 Å². The van der Waals surface area contributed by atoms with Crippen molar-refractivity contribution in [3.05, 3.63) is 0 Å². The summed E-state index contributed by atoms with van der Waals surface area (Å²) in [5, 5.41) is 0. The number of unbranched alkanes of at least 4 members (excludes halogenated alkanes) is 43. The van der Waals surface area contributed by atoms with E-state index in [0.717, 1.165) is 32.1 Å². The molecule has 0 N–H and O–H groups in total. The molecule has 1 unspecified atom stereocenters. The van der Waals surface area contributed by atoms with E-state index >= 15 is 0 Å². The van der Waals surface area contributed by atoms with Crippen molar-refractivity contribution in [2.24, 2.45) is 0 Å². The Morgan fingerprint density at radius 3 is 0.823 bits per heavy atom. The highest BCUT2D eigenvalue weighted by molar-refractivity contribution is 5.70. The Labute approximate surface area is 389 Å². The van der Waals surface area contributed by atoms with Gasteiger partial charge < -0.3 is 14.2 Å². The summed E-state index contributed by atoms with van der Waals surface area (Å²) in [6, 6.07) is 0. The standard InChI is InChI=1S/C57H112O5/c1-4-7-10-13-16-19-22-25-27-28-29-30-32-33-35-38-41-44-47-50-56(58)61-54-55(53-60-52-49-46-43-40-37-24-21-18-15-12-9-6-3)62-57(59)51-48-45-42-39-36-34-31-26-23-20-17-14-11-8-5-2/h55H,4-54H2,1-3H3. The van der Waals surface area contributed by atoms with Gasteiger partial charge in [0, 0.05) is 19.4 Å². The fraction of sp³-hybridized carbons (Fsp3) is 0.965. The van der Waals surface area contributed by atoms with Crippen LogP contribution in [0.1, 0.15) is 329 Å². The fourth-order valence-electron chi connectivity index (χ4n) is 8.87. The molecule has 0 aromatic heterocycles. The predicted octanol–water partition coefficient (Wildman–Crippen LogP) is 19.2. The number of hydrogen-bond acceptors (Lipinski definition) is 5. The zero-order valence-electron chi connectivity index (χ0n) is 42.7. The van der Waals surface area contributed by atoms with Crippen LogP contribution in [0.3, 0.4) is 0 Å². The molecule has 0 saturated heterocycles. The Bertz CT molecular complexity index is 860. The predicted molar refractivity (Wildman–Crippen MR) is 270 cm³/mol. The SMILES string of the molecule is CCCCCCCCCCCCCCCCCCCCCC(=O)OCC(COCCCCCCCCCCCCCC)OC(=O)CCCCCCCCCCCCCCCCC. The number of hydrogen-bond donors (Lipinski definition) is 0. The second-order valence-electron chi connectivity index (χ2n) is 19.6. The van der Waals surface area contributed by atoms with Crippen molar-refractivity contribution < 1.29 is 23.8 Å². The zero-order chi connectivity index (χ0) is 44.9. The van der Waals surface area contributed by atoms with Crippen molar-refractivity contribution in [3.8, 4) is 0 Å². The molecule has 0 fully saturated rings. The Morgan fingerprint density at radius 1 is 0.290 bits per heavy atom. The van der Waals surface area contributed by atoms with Gasteiger partial charge in [-0.2, -0.15) is 0 Å². The molecular weight excluding hydrogens is 765 g/mol. The summed E-state index contributed by atoms with van der Waals surface area (Å²) in [4.78, 5) is 25.5. The number of rotatable bonds is 54. The van der Waals surface area contributed by atoms with Crippen LogP contribution in [-0.4, -0.2) is 37.9 Å². The van der Waals surface area contributed by atoms with Crippen LogP contribution in [0.25, 0.3) is 0 Å². The van der Waals surface area contributed by atoms with Gasteiger partial charge in [0.1, 0.15) is 6.61 Å². The molecule has 62 heavy (non-hydrogen) atoms. The molecule has 0 aromatic carbocycles. The van der Waals surface area contributed by atoms with Gasteiger partial charge >= 0.3 is 11.9 Å². The van der Waals surface area contributed by atoms with Crippen LogP contribution in [0.4, 0.5) is 0 Å². The van der Waals surface area contributed by atoms with E-state index in [1.54, 1.807) is 0 Å². The topological polar surface area (TPSA) is 61.8 Å². The quantitative estimate of drug-likeness (QED) is 0.0450. The third-order valence-corrected chi connectivity index (χ3v) is 13.1. The number of carbonyl (C=O) groups is 2. The molecule has 0 rings (SSSR count). The minimum Gasteiger partial charge on any atom is -0.462 e. The van der Waals surface area contributed by atoms with E-state index in [2.05, 4.69) is 20.8 Å². The van der Waals surface area contributed by atoms with E-state index < -0.39 is 6.10 Å². The van der Waals surface area contributed by atoms with Crippen molar-refractivity contribution in [3.63, 3.8) is 0 Å². The Kier molecular flexibility index (Phi) is 53.3. The first-order valence-corrected chi connectivity index (χ1v) is 28.6. The maximum absolute atomic E-state index is 12.8. The van der Waals surface area contributed by atoms with Gasteiger partial charge in [0.05, 0.1) is 6.61 Å². The van der Waals surface area contributed by atoms with E-state index in [1.165, 1.54) is 263 Å². The first-order valence-electron chi connectivity index (χ1n) is 28.6. The Morgan fingerprint density at radius 2 is 0.532 bits per heavy atom. The minimum atomic E-state index is -0.523. The van der Waals surface area contributed by atoms with Gasteiger partial charge in [-0.3, -0.25) is 9.59 Å². The summed E-state index contributed by atoms with van der Waals surface area (Å²) in [6.45, 7) is 7.92. The molecule has 370 valence electrons. The Hall–Kier alpha value is -1.10. The van der Waals surface area contributed by atoms with Crippen LogP contribution in [0, 0.1) is 0 Å². The normalized spacial score (nSPS) is 12.0. The number of carbonyl (C=O) groups excluding carboxylic acids is 2. The summed E-state index contributed by atoms with van der Waals surface area (Å²) in [7, 11) is 0. The molecule has 0 heterocycles. The third kappa shape index (κ3) is 51.5. The third-order valence-electron chi connectivity index (χ3n) is 13.1. The molecule has 0 aliphatic carbocycles. The van der Waals surface area contributed by atoms with Crippen molar-refractivity contribution in [2.45, 2.75) is 335 Å². The molecule has 0 aromatic rings. The van der Waals surface area contributed by atoms with E-state index in [9.17, 15) is 9.59 Å². The van der Waals surface area contributed by atoms with Gasteiger partial charge in [-0.15, -0.1) is 0 Å². The molecule has 5 heteroatoms. The maximum Gasteiger partial charge on any atom is 0.306 e. The first-order chi connectivity index (χ1) is 30.6. The van der Waals surface area contributed by atoms with E-state index in [-0.39, 0.29) is 18.5 Å². The second-order valence-corrected chi connectivity index (χ2v) is 19.6. The van der Waals surface area contributed by atoms with Gasteiger partial charge in [0.15, 0.2) is 6.10 Å². The molecule has 0 aliphatic heterocycles. The van der Waals surface area contributed by atoms with Crippen LogP contribution in [0.2, 0.25) is 0 Å². The van der Waals surface area contributed by atoms with Crippen molar-refractivity contribution >= 4 is 11.9 Å². The van der Waals surface area contributed by atoms with Gasteiger partial charge in [-0.05, 0) is 19.3 Å². The van der Waals surface area contributed by atoms with Gasteiger partial charge in [-0.25, -0.2) is 0 Å². The van der Waals surface area contributed by atoms with E-state index in [1.807, 2.05) is 0 Å². The summed E-state index contributed by atoms with van der Waals surface area (Å²) >= 11 is 0. The lowest BCUT2D eigenvalue weighted by atomic mass is 10.0.